The summed E-state index contributed by atoms with van der Waals surface area (Å²) in [4.78, 5) is 37.0. The van der Waals surface area contributed by atoms with Gasteiger partial charge in [0.1, 0.15) is 11.3 Å². The van der Waals surface area contributed by atoms with Crippen LogP contribution in [0.3, 0.4) is 0 Å². The van der Waals surface area contributed by atoms with E-state index >= 15 is 0 Å². The number of nitrogens with one attached hydrogen (secondary N) is 2. The van der Waals surface area contributed by atoms with E-state index in [0.29, 0.717) is 17.0 Å². The predicted octanol–water partition coefficient (Wildman–Crippen LogP) is -0.340. The van der Waals surface area contributed by atoms with E-state index in [2.05, 4.69) is 25.0 Å². The molecule has 0 atom stereocenters. The molecule has 4 aromatic heterocycles. The van der Waals surface area contributed by atoms with Crippen molar-refractivity contribution >= 4 is 16.7 Å². The van der Waals surface area contributed by atoms with Crippen LogP contribution in [-0.4, -0.2) is 34.1 Å². The first-order valence-electron chi connectivity index (χ1n) is 6.12. The van der Waals surface area contributed by atoms with Crippen molar-refractivity contribution in [3.05, 3.63) is 45.6 Å². The second-order valence-electron chi connectivity index (χ2n) is 4.57. The third-order valence-corrected chi connectivity index (χ3v) is 3.33. The highest BCUT2D eigenvalue weighted by Gasteiger charge is 2.15. The van der Waals surface area contributed by atoms with E-state index < -0.39 is 11.2 Å². The fourth-order valence-corrected chi connectivity index (χ4v) is 2.25. The van der Waals surface area contributed by atoms with Crippen LogP contribution in [0.2, 0.25) is 0 Å². The van der Waals surface area contributed by atoms with E-state index in [-0.39, 0.29) is 5.52 Å². The predicted molar refractivity (Wildman–Crippen MR) is 73.9 cm³/mol. The van der Waals surface area contributed by atoms with Crippen molar-refractivity contribution in [3.63, 3.8) is 0 Å². The van der Waals surface area contributed by atoms with Crippen molar-refractivity contribution in [1.82, 2.24) is 34.1 Å². The van der Waals surface area contributed by atoms with E-state index in [4.69, 9.17) is 0 Å². The van der Waals surface area contributed by atoms with Crippen molar-refractivity contribution in [2.75, 3.05) is 0 Å². The Morgan fingerprint density at radius 3 is 2.90 bits per heavy atom. The molecule has 0 aliphatic heterocycles. The van der Waals surface area contributed by atoms with Crippen LogP contribution in [0, 0.1) is 0 Å². The van der Waals surface area contributed by atoms with Crippen LogP contribution in [0.1, 0.15) is 0 Å². The maximum atomic E-state index is 11.8. The molecule has 9 nitrogen and oxygen atoms in total. The lowest BCUT2D eigenvalue weighted by atomic mass is 10.3. The molecule has 0 saturated carbocycles. The molecule has 0 unspecified atom stereocenters. The number of aromatic amines is 2. The van der Waals surface area contributed by atoms with Gasteiger partial charge in [-0.05, 0) is 0 Å². The first-order chi connectivity index (χ1) is 10.1. The van der Waals surface area contributed by atoms with Crippen LogP contribution in [-0.2, 0) is 7.05 Å². The Labute approximate surface area is 115 Å². The molecule has 104 valence electrons. The molecule has 4 heterocycles. The standard InChI is InChI=1S/C12H9N7O2/c1-18-10-8(11(20)17-12(18)21)15-9(16-10)6-4-14-19-3-2-13-5-7(6)19/h2-5H,1H3,(H,15,16)(H,17,20,21). The number of hydrogen-bond acceptors (Lipinski definition) is 5. The van der Waals surface area contributed by atoms with Gasteiger partial charge in [0.25, 0.3) is 5.56 Å². The Morgan fingerprint density at radius 1 is 1.19 bits per heavy atom. The summed E-state index contributed by atoms with van der Waals surface area (Å²) in [6.45, 7) is 0. The molecule has 0 saturated heterocycles. The lowest BCUT2D eigenvalue weighted by molar-refractivity contribution is 0.832. The molecule has 9 heteroatoms. The lowest BCUT2D eigenvalue weighted by Gasteiger charge is -1.94. The summed E-state index contributed by atoms with van der Waals surface area (Å²) in [7, 11) is 1.54. The summed E-state index contributed by atoms with van der Waals surface area (Å²) >= 11 is 0. The zero-order valence-corrected chi connectivity index (χ0v) is 10.9. The number of fused-ring (bicyclic) bond motifs is 2. The maximum Gasteiger partial charge on any atom is 0.329 e. The minimum absolute atomic E-state index is 0.246. The number of hydrogen-bond donors (Lipinski definition) is 2. The zero-order chi connectivity index (χ0) is 14.6. The van der Waals surface area contributed by atoms with Gasteiger partial charge in [0.15, 0.2) is 5.65 Å². The van der Waals surface area contributed by atoms with Gasteiger partial charge in [-0.25, -0.2) is 14.3 Å². The summed E-state index contributed by atoms with van der Waals surface area (Å²) in [5.41, 5.74) is 0.981. The van der Waals surface area contributed by atoms with Gasteiger partial charge in [0.2, 0.25) is 0 Å². The van der Waals surface area contributed by atoms with Crippen molar-refractivity contribution in [3.8, 4) is 11.4 Å². The average molecular weight is 283 g/mol. The summed E-state index contributed by atoms with van der Waals surface area (Å²) in [5.74, 6) is 0.458. The highest BCUT2D eigenvalue weighted by atomic mass is 16.2. The molecule has 0 aliphatic rings. The van der Waals surface area contributed by atoms with E-state index in [1.807, 2.05) is 0 Å². The first-order valence-corrected chi connectivity index (χ1v) is 6.12. The van der Waals surface area contributed by atoms with E-state index in [9.17, 15) is 9.59 Å². The summed E-state index contributed by atoms with van der Waals surface area (Å²) in [5, 5.41) is 4.19. The highest BCUT2D eigenvalue weighted by Crippen LogP contribution is 2.22. The topological polar surface area (TPSA) is 114 Å². The van der Waals surface area contributed by atoms with Crippen molar-refractivity contribution < 1.29 is 0 Å². The van der Waals surface area contributed by atoms with Gasteiger partial charge in [-0.3, -0.25) is 19.3 Å². The summed E-state index contributed by atoms with van der Waals surface area (Å²) in [6.07, 6.45) is 6.61. The molecule has 4 aromatic rings. The van der Waals surface area contributed by atoms with Gasteiger partial charge < -0.3 is 4.98 Å². The normalized spacial score (nSPS) is 11.5. The Kier molecular flexibility index (Phi) is 2.14. The average Bonchev–Trinajstić information content (AvgIpc) is 3.09. The second-order valence-corrected chi connectivity index (χ2v) is 4.57. The quantitative estimate of drug-likeness (QED) is 0.496. The first kappa shape index (κ1) is 11.6. The molecule has 0 spiro atoms. The highest BCUT2D eigenvalue weighted by molar-refractivity contribution is 5.81. The third kappa shape index (κ3) is 1.54. The zero-order valence-electron chi connectivity index (χ0n) is 10.9. The van der Waals surface area contributed by atoms with Crippen LogP contribution in [0.4, 0.5) is 0 Å². The SMILES string of the molecule is Cn1c(=O)[nH]c(=O)c2[nH]c(-c3cnn4ccncc34)nc21. The van der Waals surface area contributed by atoms with Crippen LogP contribution in [0.5, 0.6) is 0 Å². The molecule has 21 heavy (non-hydrogen) atoms. The number of aryl methyl sites for hydroxylation is 1. The number of imidazole rings is 1. The van der Waals surface area contributed by atoms with Gasteiger partial charge in [-0.1, -0.05) is 0 Å². The second kappa shape index (κ2) is 3.88. The Morgan fingerprint density at radius 2 is 2.05 bits per heavy atom. The fraction of sp³-hybridized carbons (Fsp3) is 0.0833. The molecular formula is C12H9N7O2. The van der Waals surface area contributed by atoms with Crippen LogP contribution in [0.15, 0.2) is 34.4 Å². The minimum atomic E-state index is -0.507. The molecule has 0 radical (unpaired) electrons. The van der Waals surface area contributed by atoms with Crippen molar-refractivity contribution in [2.24, 2.45) is 7.05 Å². The Balaban J connectivity index is 2.08. The molecule has 2 N–H and O–H groups in total. The molecule has 0 aliphatic carbocycles. The number of nitrogens with zero attached hydrogens (tertiary/aromatic N) is 5. The van der Waals surface area contributed by atoms with Crippen molar-refractivity contribution in [1.29, 1.82) is 0 Å². The van der Waals surface area contributed by atoms with E-state index in [0.717, 1.165) is 5.52 Å². The molecule has 4 rings (SSSR count). The van der Waals surface area contributed by atoms with Crippen LogP contribution >= 0.6 is 0 Å². The molecule has 0 fully saturated rings. The number of H-pyrrole nitrogens is 2. The monoisotopic (exact) mass is 283 g/mol. The largest absolute Gasteiger partial charge is 0.332 e. The van der Waals surface area contributed by atoms with E-state index in [1.165, 1.54) is 4.57 Å². The van der Waals surface area contributed by atoms with Crippen molar-refractivity contribution in [2.45, 2.75) is 0 Å². The Hall–Kier alpha value is -3.23. The van der Waals surface area contributed by atoms with Gasteiger partial charge in [-0.2, -0.15) is 5.10 Å². The van der Waals surface area contributed by atoms with Crippen LogP contribution < -0.4 is 11.2 Å². The lowest BCUT2D eigenvalue weighted by Crippen LogP contribution is -2.28. The van der Waals surface area contributed by atoms with Crippen LogP contribution in [0.25, 0.3) is 28.1 Å². The summed E-state index contributed by atoms with van der Waals surface area (Å²) < 4.78 is 2.93. The Bertz CT molecular complexity index is 1100. The van der Waals surface area contributed by atoms with E-state index in [1.54, 1.807) is 36.4 Å². The van der Waals surface area contributed by atoms with Gasteiger partial charge in [-0.15, -0.1) is 0 Å². The molecular weight excluding hydrogens is 274 g/mol. The molecule has 0 amide bonds. The minimum Gasteiger partial charge on any atom is -0.332 e. The number of aromatic nitrogens is 7. The number of rotatable bonds is 1. The molecule has 0 bridgehead atoms. The molecule has 0 aromatic carbocycles. The maximum absolute atomic E-state index is 11.8. The fourth-order valence-electron chi connectivity index (χ4n) is 2.25. The summed E-state index contributed by atoms with van der Waals surface area (Å²) in [6, 6.07) is 0. The van der Waals surface area contributed by atoms with Gasteiger partial charge in [0.05, 0.1) is 23.5 Å². The van der Waals surface area contributed by atoms with Gasteiger partial charge >= 0.3 is 5.69 Å². The third-order valence-electron chi connectivity index (χ3n) is 3.33. The smallest absolute Gasteiger partial charge is 0.329 e. The van der Waals surface area contributed by atoms with Gasteiger partial charge in [0, 0.05) is 19.4 Å².